The van der Waals surface area contributed by atoms with Gasteiger partial charge in [0, 0.05) is 16.5 Å². The molecule has 0 aliphatic heterocycles. The summed E-state index contributed by atoms with van der Waals surface area (Å²) < 4.78 is 11.4. The zero-order valence-corrected chi connectivity index (χ0v) is 21.5. The number of anilines is 1. The van der Waals surface area contributed by atoms with Crippen molar-refractivity contribution >= 4 is 46.2 Å². The fourth-order valence-corrected chi connectivity index (χ4v) is 5.07. The second kappa shape index (κ2) is 11.3. The van der Waals surface area contributed by atoms with Crippen LogP contribution in [0.2, 0.25) is 10.0 Å². The number of carboxylic acids is 1. The van der Waals surface area contributed by atoms with Crippen LogP contribution in [0.25, 0.3) is 10.4 Å². The Balaban J connectivity index is 1.59. The van der Waals surface area contributed by atoms with Crippen LogP contribution in [0, 0.1) is 0 Å². The van der Waals surface area contributed by atoms with Crippen LogP contribution in [0.3, 0.4) is 0 Å². The van der Waals surface area contributed by atoms with Crippen LogP contribution in [0.15, 0.2) is 78.9 Å². The summed E-state index contributed by atoms with van der Waals surface area (Å²) in [6.07, 6.45) is 0. The molecule has 0 saturated carbocycles. The van der Waals surface area contributed by atoms with Crippen molar-refractivity contribution in [3.8, 4) is 16.2 Å². The molecule has 0 bridgehead atoms. The molecule has 0 amide bonds. The smallest absolute Gasteiger partial charge is 0.348 e. The van der Waals surface area contributed by atoms with Gasteiger partial charge in [-0.1, -0.05) is 53.5 Å². The molecule has 186 valence electrons. The van der Waals surface area contributed by atoms with Crippen LogP contribution in [0.4, 0.5) is 5.69 Å². The molecule has 1 heterocycles. The first-order chi connectivity index (χ1) is 17.3. The van der Waals surface area contributed by atoms with Crippen molar-refractivity contribution in [2.24, 2.45) is 0 Å². The molecule has 0 fully saturated rings. The summed E-state index contributed by atoms with van der Waals surface area (Å²) in [5, 5.41) is 24.5. The first-order valence-electron chi connectivity index (χ1n) is 11.0. The van der Waals surface area contributed by atoms with E-state index in [1.165, 1.54) is 12.1 Å². The van der Waals surface area contributed by atoms with Gasteiger partial charge in [-0.15, -0.1) is 11.3 Å². The van der Waals surface area contributed by atoms with E-state index < -0.39 is 11.9 Å². The Morgan fingerprint density at radius 3 is 2.39 bits per heavy atom. The quantitative estimate of drug-likeness (QED) is 0.182. The minimum atomic E-state index is -2.08. The number of carbonyl (C=O) groups is 1. The Kier molecular flexibility index (Phi) is 8.18. The van der Waals surface area contributed by atoms with E-state index in [9.17, 15) is 15.0 Å². The number of carboxylic acid groups (broad SMARTS) is 1. The summed E-state index contributed by atoms with van der Waals surface area (Å²) in [5.74, 6) is -2.52. The Hall–Kier alpha value is -3.07. The maximum Gasteiger partial charge on any atom is 0.348 e. The zero-order chi connectivity index (χ0) is 25.7. The van der Waals surface area contributed by atoms with Gasteiger partial charge in [0.15, 0.2) is 0 Å². The molecule has 4 aromatic rings. The summed E-state index contributed by atoms with van der Waals surface area (Å²) in [7, 11) is 0. The van der Waals surface area contributed by atoms with Gasteiger partial charge in [0.05, 0.1) is 16.3 Å². The van der Waals surface area contributed by atoms with Gasteiger partial charge in [-0.2, -0.15) is 0 Å². The number of nitrogens with one attached hydrogen (secondary N) is 1. The average Bonchev–Trinajstić information content (AvgIpc) is 3.27. The molecule has 0 spiro atoms. The Morgan fingerprint density at radius 2 is 1.75 bits per heavy atom. The van der Waals surface area contributed by atoms with Gasteiger partial charge in [-0.05, 0) is 66.6 Å². The van der Waals surface area contributed by atoms with Crippen LogP contribution < -0.4 is 10.1 Å². The van der Waals surface area contributed by atoms with Crippen molar-refractivity contribution < 1.29 is 24.5 Å². The molecule has 0 radical (unpaired) electrons. The van der Waals surface area contributed by atoms with E-state index in [0.717, 1.165) is 22.5 Å². The molecule has 3 N–H and O–H groups in total. The van der Waals surface area contributed by atoms with E-state index in [-0.39, 0.29) is 27.8 Å². The second-order valence-corrected chi connectivity index (χ2v) is 9.68. The van der Waals surface area contributed by atoms with Crippen molar-refractivity contribution in [3.05, 3.63) is 105 Å². The van der Waals surface area contributed by atoms with Crippen LogP contribution >= 0.6 is 34.5 Å². The highest BCUT2D eigenvalue weighted by molar-refractivity contribution is 7.18. The van der Waals surface area contributed by atoms with Gasteiger partial charge >= 0.3 is 5.97 Å². The highest BCUT2D eigenvalue weighted by Crippen LogP contribution is 2.39. The molecule has 4 rings (SSSR count). The number of hydrogen-bond donors (Lipinski definition) is 3. The molecule has 0 aliphatic rings. The lowest BCUT2D eigenvalue weighted by molar-refractivity contribution is -0.187. The molecule has 1 unspecified atom stereocenters. The number of halogens is 2. The summed E-state index contributed by atoms with van der Waals surface area (Å²) >= 11 is 13.4. The van der Waals surface area contributed by atoms with Crippen LogP contribution in [0.5, 0.6) is 5.75 Å². The number of rotatable bonds is 10. The van der Waals surface area contributed by atoms with Gasteiger partial charge in [-0.3, -0.25) is 0 Å². The van der Waals surface area contributed by atoms with Crippen molar-refractivity contribution in [1.82, 2.24) is 0 Å². The molecule has 3 aromatic carbocycles. The topological polar surface area (TPSA) is 88.0 Å². The van der Waals surface area contributed by atoms with Gasteiger partial charge < -0.3 is 25.0 Å². The molecule has 1 aromatic heterocycles. The third-order valence-electron chi connectivity index (χ3n) is 5.27. The molecule has 0 aliphatic carbocycles. The minimum Gasteiger partial charge on any atom is -0.489 e. The molecule has 1 atom stereocenters. The normalized spacial score (nSPS) is 12.7. The highest BCUT2D eigenvalue weighted by atomic mass is 35.5. The second-order valence-electron chi connectivity index (χ2n) is 7.78. The fraction of sp³-hybridized carbons (Fsp3) is 0.148. The summed E-state index contributed by atoms with van der Waals surface area (Å²) in [6, 6.07) is 23.4. The van der Waals surface area contributed by atoms with E-state index in [1.807, 2.05) is 54.6 Å². The van der Waals surface area contributed by atoms with Crippen molar-refractivity contribution in [2.75, 3.05) is 11.9 Å². The molecule has 0 saturated heterocycles. The van der Waals surface area contributed by atoms with Crippen LogP contribution in [-0.4, -0.2) is 22.8 Å². The van der Waals surface area contributed by atoms with Crippen molar-refractivity contribution in [3.63, 3.8) is 0 Å². The van der Waals surface area contributed by atoms with E-state index in [0.29, 0.717) is 22.3 Å². The van der Waals surface area contributed by atoms with Crippen molar-refractivity contribution in [1.29, 1.82) is 0 Å². The number of aromatic carboxylic acids is 1. The third kappa shape index (κ3) is 6.00. The number of benzene rings is 3. The summed E-state index contributed by atoms with van der Waals surface area (Å²) in [5.41, 5.74) is 2.25. The molecular weight excluding hydrogens is 521 g/mol. The summed E-state index contributed by atoms with van der Waals surface area (Å²) in [4.78, 5) is 12.7. The third-order valence-corrected chi connectivity index (χ3v) is 6.99. The van der Waals surface area contributed by atoms with Gasteiger partial charge in [0.1, 0.15) is 17.2 Å². The molecule has 36 heavy (non-hydrogen) atoms. The average molecular weight is 544 g/mol. The zero-order valence-electron chi connectivity index (χ0n) is 19.2. The predicted molar refractivity (Wildman–Crippen MR) is 143 cm³/mol. The van der Waals surface area contributed by atoms with Gasteiger partial charge in [0.2, 0.25) is 0 Å². The SMILES string of the molecule is CCOC(O)(Nc1cc(-c2ccc(OCc3ccccc3)cc2)sc1C(=O)O)c1ccc(Cl)cc1Cl. The monoisotopic (exact) mass is 543 g/mol. The first-order valence-corrected chi connectivity index (χ1v) is 12.6. The minimum absolute atomic E-state index is 0.0117. The van der Waals surface area contributed by atoms with Crippen molar-refractivity contribution in [2.45, 2.75) is 19.4 Å². The molecule has 6 nitrogen and oxygen atoms in total. The fourth-order valence-electron chi connectivity index (χ4n) is 3.58. The maximum absolute atomic E-state index is 12.0. The van der Waals surface area contributed by atoms with Crippen LogP contribution in [-0.2, 0) is 17.3 Å². The number of hydrogen-bond acceptors (Lipinski definition) is 6. The Bertz CT molecular complexity index is 1340. The predicted octanol–water partition coefficient (Wildman–Crippen LogP) is 7.25. The van der Waals surface area contributed by atoms with E-state index >= 15 is 0 Å². The van der Waals surface area contributed by atoms with E-state index in [1.54, 1.807) is 19.1 Å². The number of thiophene rings is 1. The van der Waals surface area contributed by atoms with Crippen LogP contribution in [0.1, 0.15) is 27.7 Å². The first kappa shape index (κ1) is 26.0. The molecular formula is C27H23Cl2NO5S. The van der Waals surface area contributed by atoms with E-state index in [2.05, 4.69) is 5.32 Å². The maximum atomic E-state index is 12.0. The largest absolute Gasteiger partial charge is 0.489 e. The van der Waals surface area contributed by atoms with Gasteiger partial charge in [0.25, 0.3) is 5.91 Å². The number of aliphatic hydroxyl groups is 1. The number of ether oxygens (including phenoxy) is 2. The molecule has 9 heteroatoms. The Labute approximate surface area is 222 Å². The standard InChI is InChI=1S/C27H23Cl2NO5S/c1-2-35-27(33,21-13-10-19(28)14-22(21)29)30-23-15-24(36-25(23)26(31)32)18-8-11-20(12-9-18)34-16-17-6-4-3-5-7-17/h3-15,30,33H,2,16H2,1H3,(H,31,32). The summed E-state index contributed by atoms with van der Waals surface area (Å²) in [6.45, 7) is 2.28. The van der Waals surface area contributed by atoms with Gasteiger partial charge in [-0.25, -0.2) is 4.79 Å². The lowest BCUT2D eigenvalue weighted by Gasteiger charge is -2.30. The Morgan fingerprint density at radius 1 is 1.03 bits per heavy atom. The lowest BCUT2D eigenvalue weighted by atomic mass is 10.1. The lowest BCUT2D eigenvalue weighted by Crippen LogP contribution is -2.38. The highest BCUT2D eigenvalue weighted by Gasteiger charge is 2.34. The van der Waals surface area contributed by atoms with E-state index in [4.69, 9.17) is 32.7 Å².